The van der Waals surface area contributed by atoms with Crippen LogP contribution >= 0.6 is 0 Å². The maximum absolute atomic E-state index is 12.9. The molecule has 8 nitrogen and oxygen atoms in total. The van der Waals surface area contributed by atoms with E-state index in [2.05, 4.69) is 26.1 Å². The van der Waals surface area contributed by atoms with Crippen LogP contribution in [-0.4, -0.2) is 35.8 Å². The predicted octanol–water partition coefficient (Wildman–Crippen LogP) is 1.45. The van der Waals surface area contributed by atoms with Crippen molar-refractivity contribution in [3.05, 3.63) is 47.1 Å². The van der Waals surface area contributed by atoms with Crippen LogP contribution in [0.5, 0.6) is 0 Å². The second-order valence-corrected chi connectivity index (χ2v) is 6.41. The zero-order valence-corrected chi connectivity index (χ0v) is 16.6. The van der Waals surface area contributed by atoms with Gasteiger partial charge in [-0.2, -0.15) is 8.78 Å². The molecular weight excluding hydrogens is 410 g/mol. The first-order valence-corrected chi connectivity index (χ1v) is 8.66. The second-order valence-electron chi connectivity index (χ2n) is 6.41. The average molecular weight is 434 g/mol. The van der Waals surface area contributed by atoms with E-state index in [-0.39, 0.29) is 23.1 Å². The number of hydrogen-bond acceptors (Lipinski definition) is 5. The number of pyridine rings is 1. The first-order valence-electron chi connectivity index (χ1n) is 8.66. The highest BCUT2D eigenvalue weighted by atomic mass is 19.3. The molecule has 1 heterocycles. The maximum Gasteiger partial charge on any atom is 0.340 e. The molecule has 12 heteroatoms. The van der Waals surface area contributed by atoms with Crippen molar-refractivity contribution in [1.82, 2.24) is 10.3 Å². The van der Waals surface area contributed by atoms with E-state index in [1.807, 2.05) is 0 Å². The maximum atomic E-state index is 12.9. The number of halogens is 4. The molecule has 1 aromatic rings. The molecule has 1 aromatic heterocycles. The standard InChI is InChI=1S/C18H23F4N5O3/c1-9(15(24)30-8-18(21,22)17(19)20)6-13(23)16(29)26-10(2)12-4-5-25-14(7-12)27-11(3)28/h4-7,10,17H,8,23-24H2,1-3H3,(H,26,29)(H,25,27,28)/p+1/b13-6-,15-9+. The molecule has 7 N–H and O–H groups in total. The van der Waals surface area contributed by atoms with Crippen molar-refractivity contribution < 1.29 is 37.6 Å². The topological polar surface area (TPSA) is 134 Å². The molecule has 30 heavy (non-hydrogen) atoms. The van der Waals surface area contributed by atoms with E-state index >= 15 is 0 Å². The molecule has 2 amide bonds. The highest BCUT2D eigenvalue weighted by Gasteiger charge is 2.42. The van der Waals surface area contributed by atoms with Crippen molar-refractivity contribution in [2.24, 2.45) is 5.73 Å². The molecule has 166 valence electrons. The lowest BCUT2D eigenvalue weighted by molar-refractivity contribution is -0.365. The summed E-state index contributed by atoms with van der Waals surface area (Å²) in [5.41, 5.74) is 9.53. The predicted molar refractivity (Wildman–Crippen MR) is 99.9 cm³/mol. The minimum absolute atomic E-state index is 0.109. The fraction of sp³-hybridized carbons (Fsp3) is 0.389. The van der Waals surface area contributed by atoms with Gasteiger partial charge in [-0.1, -0.05) is 0 Å². The molecule has 0 saturated heterocycles. The normalized spacial score (nSPS) is 14.1. The van der Waals surface area contributed by atoms with Crippen molar-refractivity contribution in [1.29, 1.82) is 0 Å². The number of nitrogens with two attached hydrogens (primary N) is 1. The number of carbonyl (C=O) groups excluding carboxylic acids is 2. The van der Waals surface area contributed by atoms with E-state index in [1.54, 1.807) is 19.1 Å². The monoisotopic (exact) mass is 434 g/mol. The first-order chi connectivity index (χ1) is 13.8. The van der Waals surface area contributed by atoms with Crippen LogP contribution in [0.2, 0.25) is 0 Å². The van der Waals surface area contributed by atoms with Gasteiger partial charge in [0.1, 0.15) is 5.82 Å². The van der Waals surface area contributed by atoms with E-state index in [0.717, 1.165) is 6.08 Å². The summed E-state index contributed by atoms with van der Waals surface area (Å²) in [6.07, 6.45) is -1.30. The van der Waals surface area contributed by atoms with Gasteiger partial charge in [0.05, 0.1) is 17.3 Å². The number of rotatable bonds is 9. The SMILES string of the molecule is CC(=O)Nc1cc(C(C)NC(=O)/C(N)=C/C(C)=C(\[NH3+])OCC(F)(F)C(F)F)ccn1. The van der Waals surface area contributed by atoms with Crippen LogP contribution in [0.25, 0.3) is 0 Å². The molecule has 0 radical (unpaired) electrons. The molecule has 1 rings (SSSR count). The molecule has 1 atom stereocenters. The Hall–Kier alpha value is -3.15. The first kappa shape index (κ1) is 24.9. The number of alkyl halides is 4. The Bertz CT molecular complexity index is 843. The number of nitrogens with one attached hydrogen (secondary N) is 2. The molecule has 1 unspecified atom stereocenters. The summed E-state index contributed by atoms with van der Waals surface area (Å²) in [7, 11) is 0. The third-order valence-electron chi connectivity index (χ3n) is 3.77. The van der Waals surface area contributed by atoms with Crippen molar-refractivity contribution in [3.8, 4) is 0 Å². The van der Waals surface area contributed by atoms with Crippen LogP contribution in [0.4, 0.5) is 23.4 Å². The Morgan fingerprint density at radius 3 is 2.57 bits per heavy atom. The van der Waals surface area contributed by atoms with Crippen molar-refractivity contribution >= 4 is 17.6 Å². The Kier molecular flexibility index (Phi) is 8.77. The van der Waals surface area contributed by atoms with Crippen LogP contribution < -0.4 is 22.1 Å². The Morgan fingerprint density at radius 1 is 1.37 bits per heavy atom. The van der Waals surface area contributed by atoms with E-state index in [1.165, 1.54) is 20.0 Å². The summed E-state index contributed by atoms with van der Waals surface area (Å²) in [4.78, 5) is 27.3. The number of amides is 2. The molecule has 0 spiro atoms. The zero-order valence-electron chi connectivity index (χ0n) is 16.6. The number of hydrogen-bond donors (Lipinski definition) is 4. The molecule has 0 fully saturated rings. The molecule has 0 aliphatic carbocycles. The van der Waals surface area contributed by atoms with E-state index in [9.17, 15) is 27.2 Å². The van der Waals surface area contributed by atoms with Gasteiger partial charge >= 0.3 is 12.3 Å². The van der Waals surface area contributed by atoms with Gasteiger partial charge in [-0.25, -0.2) is 13.8 Å². The second kappa shape index (κ2) is 10.6. The van der Waals surface area contributed by atoms with E-state index in [4.69, 9.17) is 5.73 Å². The lowest BCUT2D eigenvalue weighted by atomic mass is 10.1. The number of aromatic nitrogens is 1. The van der Waals surface area contributed by atoms with Crippen LogP contribution in [0.15, 0.2) is 41.6 Å². The quantitative estimate of drug-likeness (QED) is 0.202. The molecule has 0 bridgehead atoms. The minimum atomic E-state index is -4.33. The summed E-state index contributed by atoms with van der Waals surface area (Å²) in [5.74, 6) is -5.32. The van der Waals surface area contributed by atoms with Crippen molar-refractivity contribution in [2.75, 3.05) is 11.9 Å². The van der Waals surface area contributed by atoms with Crippen LogP contribution in [0.3, 0.4) is 0 Å². The number of quaternary nitrogens is 1. The Labute approximate surface area is 170 Å². The molecule has 0 aliphatic heterocycles. The molecular formula is C18H24F4N5O3+. The lowest BCUT2D eigenvalue weighted by Gasteiger charge is -2.16. The Morgan fingerprint density at radius 2 is 2.00 bits per heavy atom. The molecule has 0 aliphatic rings. The number of allylic oxidation sites excluding steroid dienone is 2. The summed E-state index contributed by atoms with van der Waals surface area (Å²) >= 11 is 0. The van der Waals surface area contributed by atoms with Gasteiger partial charge in [-0.15, -0.1) is 0 Å². The van der Waals surface area contributed by atoms with Gasteiger partial charge in [-0.3, -0.25) is 15.3 Å². The summed E-state index contributed by atoms with van der Waals surface area (Å²) in [5, 5.41) is 5.13. The number of nitrogens with zero attached hydrogens (tertiary/aromatic N) is 1. The largest absolute Gasteiger partial charge is 0.445 e. The lowest BCUT2D eigenvalue weighted by Crippen LogP contribution is -2.51. The highest BCUT2D eigenvalue weighted by molar-refractivity contribution is 5.93. The fourth-order valence-corrected chi connectivity index (χ4v) is 2.07. The van der Waals surface area contributed by atoms with Crippen LogP contribution in [0, 0.1) is 0 Å². The highest BCUT2D eigenvalue weighted by Crippen LogP contribution is 2.23. The minimum Gasteiger partial charge on any atom is -0.445 e. The van der Waals surface area contributed by atoms with Gasteiger partial charge in [0.15, 0.2) is 6.61 Å². The molecule has 0 aromatic carbocycles. The van der Waals surface area contributed by atoms with Crippen molar-refractivity contribution in [2.45, 2.75) is 39.2 Å². The molecule has 0 saturated carbocycles. The number of anilines is 1. The van der Waals surface area contributed by atoms with Gasteiger partial charge < -0.3 is 21.1 Å². The summed E-state index contributed by atoms with van der Waals surface area (Å²) in [6.45, 7) is 2.81. The number of ether oxygens (including phenoxy) is 1. The third kappa shape index (κ3) is 7.70. The zero-order chi connectivity index (χ0) is 23.1. The Balaban J connectivity index is 2.80. The summed E-state index contributed by atoms with van der Waals surface area (Å²) < 4.78 is 54.7. The van der Waals surface area contributed by atoms with E-state index in [0.29, 0.717) is 11.4 Å². The van der Waals surface area contributed by atoms with E-state index < -0.39 is 30.9 Å². The van der Waals surface area contributed by atoms with Crippen LogP contribution in [-0.2, 0) is 14.3 Å². The number of carbonyl (C=O) groups is 2. The van der Waals surface area contributed by atoms with Gasteiger partial charge in [0.2, 0.25) is 5.91 Å². The fourth-order valence-electron chi connectivity index (χ4n) is 2.07. The van der Waals surface area contributed by atoms with Crippen molar-refractivity contribution in [3.63, 3.8) is 0 Å². The van der Waals surface area contributed by atoms with Gasteiger partial charge in [-0.05, 0) is 37.6 Å². The summed E-state index contributed by atoms with van der Waals surface area (Å²) in [6, 6.07) is 2.69. The third-order valence-corrected chi connectivity index (χ3v) is 3.77. The van der Waals surface area contributed by atoms with Gasteiger partial charge in [0.25, 0.3) is 11.8 Å². The van der Waals surface area contributed by atoms with Crippen LogP contribution in [0.1, 0.15) is 32.4 Å². The average Bonchev–Trinajstić information content (AvgIpc) is 2.65. The van der Waals surface area contributed by atoms with Gasteiger partial charge in [0, 0.05) is 13.1 Å². The smallest absolute Gasteiger partial charge is 0.340 e.